The molecule has 16 heavy (non-hydrogen) atoms. The molecular formula is C9H14N4O3. The minimum atomic E-state index is -0.423. The summed E-state index contributed by atoms with van der Waals surface area (Å²) in [5, 5.41) is 24.3. The van der Waals surface area contributed by atoms with Crippen LogP contribution in [0, 0.1) is 10.1 Å². The average molecular weight is 226 g/mol. The molecule has 0 aliphatic carbocycles. The molecule has 0 aromatic carbocycles. The van der Waals surface area contributed by atoms with E-state index < -0.39 is 4.92 Å². The minimum Gasteiger partial charge on any atom is -0.393 e. The van der Waals surface area contributed by atoms with Crippen molar-refractivity contribution in [2.24, 2.45) is 7.05 Å². The van der Waals surface area contributed by atoms with Crippen LogP contribution in [0.5, 0.6) is 0 Å². The van der Waals surface area contributed by atoms with Crippen molar-refractivity contribution in [2.45, 2.75) is 18.9 Å². The van der Waals surface area contributed by atoms with E-state index in [1.807, 2.05) is 4.90 Å². The van der Waals surface area contributed by atoms with Gasteiger partial charge in [-0.05, 0) is 12.8 Å². The van der Waals surface area contributed by atoms with Gasteiger partial charge < -0.3 is 10.0 Å². The molecule has 0 unspecified atom stereocenters. The number of nitrogens with zero attached hydrogens (tertiary/aromatic N) is 4. The maximum absolute atomic E-state index is 10.8. The number of anilines is 1. The van der Waals surface area contributed by atoms with Crippen molar-refractivity contribution in [1.82, 2.24) is 9.78 Å². The molecule has 88 valence electrons. The molecule has 0 bridgehead atoms. The number of aliphatic hydroxyl groups is 1. The van der Waals surface area contributed by atoms with E-state index in [0.29, 0.717) is 31.7 Å². The van der Waals surface area contributed by atoms with E-state index in [9.17, 15) is 15.2 Å². The summed E-state index contributed by atoms with van der Waals surface area (Å²) in [6, 6.07) is 0. The highest BCUT2D eigenvalue weighted by Crippen LogP contribution is 2.28. The molecule has 2 rings (SSSR count). The maximum atomic E-state index is 10.8. The Labute approximate surface area is 92.4 Å². The second-order valence-electron chi connectivity index (χ2n) is 3.99. The molecule has 1 aliphatic rings. The van der Waals surface area contributed by atoms with Gasteiger partial charge in [-0.15, -0.1) is 5.10 Å². The average Bonchev–Trinajstić information content (AvgIpc) is 2.61. The molecule has 1 aromatic rings. The predicted octanol–water partition coefficient (Wildman–Crippen LogP) is 0.289. The molecule has 7 nitrogen and oxygen atoms in total. The van der Waals surface area contributed by atoms with Gasteiger partial charge in [-0.2, -0.15) is 0 Å². The normalized spacial score (nSPS) is 17.8. The Morgan fingerprint density at radius 3 is 2.75 bits per heavy atom. The molecule has 1 saturated heterocycles. The van der Waals surface area contributed by atoms with Crippen molar-refractivity contribution >= 4 is 11.5 Å². The summed E-state index contributed by atoms with van der Waals surface area (Å²) in [6.45, 7) is 1.22. The molecule has 0 amide bonds. The van der Waals surface area contributed by atoms with E-state index in [0.717, 1.165) is 0 Å². The topological polar surface area (TPSA) is 84.4 Å². The summed E-state index contributed by atoms with van der Waals surface area (Å²) >= 11 is 0. The summed E-state index contributed by atoms with van der Waals surface area (Å²) in [5.41, 5.74) is 0.0267. The Hall–Kier alpha value is -1.63. The smallest absolute Gasteiger partial charge is 0.330 e. The van der Waals surface area contributed by atoms with Crippen molar-refractivity contribution in [3.05, 3.63) is 16.3 Å². The monoisotopic (exact) mass is 226 g/mol. The van der Waals surface area contributed by atoms with Gasteiger partial charge in [-0.3, -0.25) is 14.8 Å². The van der Waals surface area contributed by atoms with Crippen molar-refractivity contribution < 1.29 is 10.0 Å². The minimum absolute atomic E-state index is 0.0267. The Morgan fingerprint density at radius 2 is 2.19 bits per heavy atom. The molecule has 1 N–H and O–H groups in total. The third kappa shape index (κ3) is 1.99. The van der Waals surface area contributed by atoms with Crippen molar-refractivity contribution in [1.29, 1.82) is 0 Å². The fourth-order valence-electron chi connectivity index (χ4n) is 1.90. The number of rotatable bonds is 2. The van der Waals surface area contributed by atoms with Crippen molar-refractivity contribution in [2.75, 3.05) is 18.0 Å². The number of aromatic nitrogens is 2. The Bertz CT molecular complexity index is 395. The highest BCUT2D eigenvalue weighted by Gasteiger charge is 2.27. The van der Waals surface area contributed by atoms with Crippen LogP contribution < -0.4 is 4.90 Å². The molecule has 1 aromatic heterocycles. The number of aryl methyl sites for hydroxylation is 1. The van der Waals surface area contributed by atoms with E-state index >= 15 is 0 Å². The van der Waals surface area contributed by atoms with Crippen LogP contribution in [-0.4, -0.2) is 39.0 Å². The zero-order chi connectivity index (χ0) is 11.7. The molecule has 2 heterocycles. The summed E-state index contributed by atoms with van der Waals surface area (Å²) in [5.74, 6) is 0.402. The fourth-order valence-corrected chi connectivity index (χ4v) is 1.90. The highest BCUT2D eigenvalue weighted by atomic mass is 16.6. The summed E-state index contributed by atoms with van der Waals surface area (Å²) < 4.78 is 1.44. The van der Waals surface area contributed by atoms with Gasteiger partial charge in [0.2, 0.25) is 5.82 Å². The van der Waals surface area contributed by atoms with E-state index in [1.165, 1.54) is 10.9 Å². The lowest BCUT2D eigenvalue weighted by Crippen LogP contribution is -2.36. The van der Waals surface area contributed by atoms with E-state index in [2.05, 4.69) is 5.10 Å². The van der Waals surface area contributed by atoms with Crippen LogP contribution in [0.2, 0.25) is 0 Å². The van der Waals surface area contributed by atoms with Crippen molar-refractivity contribution in [3.8, 4) is 0 Å². The van der Waals surface area contributed by atoms with Crippen LogP contribution in [0.15, 0.2) is 6.20 Å². The maximum Gasteiger partial charge on any atom is 0.330 e. The Balaban J connectivity index is 2.22. The molecular weight excluding hydrogens is 212 g/mol. The SMILES string of the molecule is Cn1cc([N+](=O)[O-])c(N2CCC(O)CC2)n1. The number of piperidine rings is 1. The first kappa shape index (κ1) is 10.9. The predicted molar refractivity (Wildman–Crippen MR) is 57.3 cm³/mol. The van der Waals surface area contributed by atoms with Crippen molar-refractivity contribution in [3.63, 3.8) is 0 Å². The fraction of sp³-hybridized carbons (Fsp3) is 0.667. The van der Waals surface area contributed by atoms with E-state index in [1.54, 1.807) is 7.05 Å². The lowest BCUT2D eigenvalue weighted by atomic mass is 10.1. The van der Waals surface area contributed by atoms with Crippen LogP contribution in [0.1, 0.15) is 12.8 Å². The second kappa shape index (κ2) is 4.09. The third-order valence-corrected chi connectivity index (χ3v) is 2.75. The van der Waals surface area contributed by atoms with Crippen LogP contribution in [0.3, 0.4) is 0 Å². The first-order chi connectivity index (χ1) is 7.58. The molecule has 0 radical (unpaired) electrons. The van der Waals surface area contributed by atoms with Gasteiger partial charge in [-0.1, -0.05) is 0 Å². The molecule has 0 spiro atoms. The number of hydrogen-bond donors (Lipinski definition) is 1. The second-order valence-corrected chi connectivity index (χ2v) is 3.99. The zero-order valence-corrected chi connectivity index (χ0v) is 9.04. The lowest BCUT2D eigenvalue weighted by molar-refractivity contribution is -0.384. The van der Waals surface area contributed by atoms with Gasteiger partial charge in [-0.25, -0.2) is 0 Å². The van der Waals surface area contributed by atoms with Gasteiger partial charge in [0.15, 0.2) is 0 Å². The lowest BCUT2D eigenvalue weighted by Gasteiger charge is -2.28. The summed E-state index contributed by atoms with van der Waals surface area (Å²) in [4.78, 5) is 12.2. The van der Waals surface area contributed by atoms with Gasteiger partial charge in [0, 0.05) is 20.1 Å². The largest absolute Gasteiger partial charge is 0.393 e. The highest BCUT2D eigenvalue weighted by molar-refractivity contribution is 5.56. The van der Waals surface area contributed by atoms with Gasteiger partial charge in [0.05, 0.1) is 11.0 Å². The molecule has 7 heteroatoms. The van der Waals surface area contributed by atoms with Crippen LogP contribution in [-0.2, 0) is 7.05 Å². The molecule has 0 saturated carbocycles. The molecule has 1 aliphatic heterocycles. The Kier molecular flexibility index (Phi) is 2.78. The Morgan fingerprint density at radius 1 is 1.56 bits per heavy atom. The first-order valence-electron chi connectivity index (χ1n) is 5.19. The first-order valence-corrected chi connectivity index (χ1v) is 5.19. The summed E-state index contributed by atoms with van der Waals surface area (Å²) in [7, 11) is 1.66. The molecule has 1 fully saturated rings. The zero-order valence-electron chi connectivity index (χ0n) is 9.04. The van der Waals surface area contributed by atoms with Gasteiger partial charge in [0.1, 0.15) is 6.20 Å². The van der Waals surface area contributed by atoms with Gasteiger partial charge >= 0.3 is 5.69 Å². The number of aliphatic hydroxyl groups excluding tert-OH is 1. The summed E-state index contributed by atoms with van der Waals surface area (Å²) in [6.07, 6.45) is 2.38. The van der Waals surface area contributed by atoms with E-state index in [-0.39, 0.29) is 11.8 Å². The van der Waals surface area contributed by atoms with Crippen LogP contribution in [0.4, 0.5) is 11.5 Å². The van der Waals surface area contributed by atoms with E-state index in [4.69, 9.17) is 0 Å². The van der Waals surface area contributed by atoms with Gasteiger partial charge in [0.25, 0.3) is 0 Å². The number of hydrogen-bond acceptors (Lipinski definition) is 5. The third-order valence-electron chi connectivity index (χ3n) is 2.75. The standard InChI is InChI=1S/C9H14N4O3/c1-11-6-8(13(15)16)9(10-11)12-4-2-7(14)3-5-12/h6-7,14H,2-5H2,1H3. The molecule has 0 atom stereocenters. The quantitative estimate of drug-likeness (QED) is 0.578. The van der Waals surface area contributed by atoms with Crippen LogP contribution >= 0.6 is 0 Å². The van der Waals surface area contributed by atoms with Crippen LogP contribution in [0.25, 0.3) is 0 Å². The number of nitro groups is 1.